The summed E-state index contributed by atoms with van der Waals surface area (Å²) in [5.41, 5.74) is 0.486. The van der Waals surface area contributed by atoms with Gasteiger partial charge in [0.05, 0.1) is 4.90 Å². The molecular weight excluding hydrogens is 340 g/mol. The molecule has 138 valence electrons. The van der Waals surface area contributed by atoms with Crippen LogP contribution >= 0.6 is 0 Å². The van der Waals surface area contributed by atoms with Gasteiger partial charge in [-0.2, -0.15) is 4.31 Å². The highest BCUT2D eigenvalue weighted by molar-refractivity contribution is 7.89. The summed E-state index contributed by atoms with van der Waals surface area (Å²) in [5.74, 6) is 0.272. The summed E-state index contributed by atoms with van der Waals surface area (Å²) in [6.45, 7) is 7.12. The van der Waals surface area contributed by atoms with E-state index in [2.05, 4.69) is 0 Å². The molecule has 0 spiro atoms. The van der Waals surface area contributed by atoms with E-state index in [1.165, 1.54) is 35.5 Å². The smallest absolute Gasteiger partial charge is 0.243 e. The van der Waals surface area contributed by atoms with E-state index in [4.69, 9.17) is 0 Å². The highest BCUT2D eigenvalue weighted by Crippen LogP contribution is 2.19. The van der Waals surface area contributed by atoms with Crippen LogP contribution in [0.1, 0.15) is 44.0 Å². The number of rotatable bonds is 5. The van der Waals surface area contributed by atoms with Crippen LogP contribution in [0, 0.1) is 5.92 Å². The first-order chi connectivity index (χ1) is 11.7. The van der Waals surface area contributed by atoms with E-state index in [9.17, 15) is 18.0 Å². The third-order valence-corrected chi connectivity index (χ3v) is 6.20. The van der Waals surface area contributed by atoms with Crippen molar-refractivity contribution in [2.75, 3.05) is 26.2 Å². The summed E-state index contributed by atoms with van der Waals surface area (Å²) < 4.78 is 27.1. The molecule has 25 heavy (non-hydrogen) atoms. The molecule has 1 fully saturated rings. The molecule has 1 amide bonds. The Morgan fingerprint density at radius 2 is 1.68 bits per heavy atom. The minimum atomic E-state index is -3.62. The van der Waals surface area contributed by atoms with Gasteiger partial charge in [0.15, 0.2) is 5.78 Å². The van der Waals surface area contributed by atoms with Crippen LogP contribution in [-0.4, -0.2) is 55.5 Å². The molecular formula is C18H26N2O4S. The summed E-state index contributed by atoms with van der Waals surface area (Å²) >= 11 is 0. The number of Topliss-reactive ketones (excluding diaryl/α,β-unsaturated/α-hetero) is 1. The van der Waals surface area contributed by atoms with E-state index in [0.29, 0.717) is 44.6 Å². The topological polar surface area (TPSA) is 74.8 Å². The molecule has 2 rings (SSSR count). The Labute approximate surface area is 149 Å². The average Bonchev–Trinajstić information content (AvgIpc) is 2.81. The number of benzene rings is 1. The molecule has 1 aliphatic heterocycles. The van der Waals surface area contributed by atoms with Crippen molar-refractivity contribution in [3.63, 3.8) is 0 Å². The Balaban J connectivity index is 2.10. The standard InChI is InChI=1S/C18H26N2O4S/c1-14(2)13-18(22)19-9-4-10-20(12-11-19)25(23,24)17-7-5-16(6-8-17)15(3)21/h5-8,14H,4,9-13H2,1-3H3. The van der Waals surface area contributed by atoms with Crippen molar-refractivity contribution in [3.05, 3.63) is 29.8 Å². The predicted molar refractivity (Wildman–Crippen MR) is 95.9 cm³/mol. The Hall–Kier alpha value is -1.73. The molecule has 1 heterocycles. The highest BCUT2D eigenvalue weighted by atomic mass is 32.2. The third kappa shape index (κ3) is 4.89. The Kier molecular flexibility index (Phi) is 6.35. The van der Waals surface area contributed by atoms with Crippen LogP contribution in [-0.2, 0) is 14.8 Å². The molecule has 0 aromatic heterocycles. The fourth-order valence-corrected chi connectivity index (χ4v) is 4.34. The number of ketones is 1. The van der Waals surface area contributed by atoms with Crippen LogP contribution in [0.3, 0.4) is 0 Å². The second-order valence-electron chi connectivity index (χ2n) is 6.82. The Bertz CT molecular complexity index is 726. The van der Waals surface area contributed by atoms with Crippen LogP contribution in [0.4, 0.5) is 0 Å². The van der Waals surface area contributed by atoms with E-state index in [0.717, 1.165) is 0 Å². The Morgan fingerprint density at radius 3 is 2.24 bits per heavy atom. The number of nitrogens with zero attached hydrogens (tertiary/aromatic N) is 2. The van der Waals surface area contributed by atoms with Gasteiger partial charge in [0, 0.05) is 38.2 Å². The first-order valence-corrected chi connectivity index (χ1v) is 10.0. The van der Waals surface area contributed by atoms with E-state index in [-0.39, 0.29) is 22.5 Å². The van der Waals surface area contributed by atoms with Crippen LogP contribution in [0.2, 0.25) is 0 Å². The summed E-state index contributed by atoms with van der Waals surface area (Å²) in [6.07, 6.45) is 1.11. The number of carbonyl (C=O) groups excluding carboxylic acids is 2. The molecule has 7 heteroatoms. The zero-order valence-electron chi connectivity index (χ0n) is 15.1. The predicted octanol–water partition coefficient (Wildman–Crippen LogP) is 2.16. The fraction of sp³-hybridized carbons (Fsp3) is 0.556. The summed E-state index contributed by atoms with van der Waals surface area (Å²) in [7, 11) is -3.62. The van der Waals surface area contributed by atoms with Crippen molar-refractivity contribution in [1.82, 2.24) is 9.21 Å². The summed E-state index contributed by atoms with van der Waals surface area (Å²) in [4.78, 5) is 25.5. The van der Waals surface area contributed by atoms with Crippen LogP contribution in [0.5, 0.6) is 0 Å². The van der Waals surface area contributed by atoms with Gasteiger partial charge in [0.2, 0.25) is 15.9 Å². The molecule has 0 unspecified atom stereocenters. The molecule has 0 bridgehead atoms. The quantitative estimate of drug-likeness (QED) is 0.749. The first kappa shape index (κ1) is 19.6. The third-order valence-electron chi connectivity index (χ3n) is 4.29. The number of amides is 1. The lowest BCUT2D eigenvalue weighted by molar-refractivity contribution is -0.131. The van der Waals surface area contributed by atoms with Gasteiger partial charge in [-0.25, -0.2) is 8.42 Å². The molecule has 0 N–H and O–H groups in total. The van der Waals surface area contributed by atoms with Gasteiger partial charge in [-0.15, -0.1) is 0 Å². The lowest BCUT2D eigenvalue weighted by Crippen LogP contribution is -2.37. The first-order valence-electron chi connectivity index (χ1n) is 8.60. The molecule has 0 aliphatic carbocycles. The van der Waals surface area contributed by atoms with E-state index in [1.54, 1.807) is 4.90 Å². The van der Waals surface area contributed by atoms with E-state index >= 15 is 0 Å². The number of sulfonamides is 1. The highest BCUT2D eigenvalue weighted by Gasteiger charge is 2.28. The van der Waals surface area contributed by atoms with Gasteiger partial charge in [-0.3, -0.25) is 9.59 Å². The van der Waals surface area contributed by atoms with Crippen LogP contribution < -0.4 is 0 Å². The maximum absolute atomic E-state index is 12.8. The maximum Gasteiger partial charge on any atom is 0.243 e. The molecule has 0 radical (unpaired) electrons. The number of hydrogen-bond acceptors (Lipinski definition) is 4. The maximum atomic E-state index is 12.8. The molecule has 6 nitrogen and oxygen atoms in total. The summed E-state index contributed by atoms with van der Waals surface area (Å²) in [6, 6.07) is 6.01. The normalized spacial score (nSPS) is 16.7. The number of carbonyl (C=O) groups is 2. The minimum absolute atomic E-state index is 0.0834. The Morgan fingerprint density at radius 1 is 1.04 bits per heavy atom. The zero-order valence-corrected chi connectivity index (χ0v) is 15.9. The van der Waals surface area contributed by atoms with E-state index in [1.807, 2.05) is 13.8 Å². The van der Waals surface area contributed by atoms with E-state index < -0.39 is 10.0 Å². The monoisotopic (exact) mass is 366 g/mol. The van der Waals surface area contributed by atoms with Crippen LogP contribution in [0.15, 0.2) is 29.2 Å². The molecule has 1 aliphatic rings. The van der Waals surface area contributed by atoms with Gasteiger partial charge in [-0.1, -0.05) is 26.0 Å². The van der Waals surface area contributed by atoms with Crippen molar-refractivity contribution >= 4 is 21.7 Å². The van der Waals surface area contributed by atoms with Crippen molar-refractivity contribution in [3.8, 4) is 0 Å². The SMILES string of the molecule is CC(=O)c1ccc(S(=O)(=O)N2CCCN(C(=O)CC(C)C)CC2)cc1. The second kappa shape index (κ2) is 8.10. The molecule has 0 saturated carbocycles. The lowest BCUT2D eigenvalue weighted by Gasteiger charge is -2.22. The van der Waals surface area contributed by atoms with Crippen molar-refractivity contribution < 1.29 is 18.0 Å². The largest absolute Gasteiger partial charge is 0.341 e. The molecule has 1 aromatic carbocycles. The minimum Gasteiger partial charge on any atom is -0.341 e. The van der Waals surface area contributed by atoms with Gasteiger partial charge in [0.25, 0.3) is 0 Å². The van der Waals surface area contributed by atoms with Gasteiger partial charge in [0.1, 0.15) is 0 Å². The molecule has 0 atom stereocenters. The lowest BCUT2D eigenvalue weighted by atomic mass is 10.1. The van der Waals surface area contributed by atoms with Crippen molar-refractivity contribution in [2.45, 2.75) is 38.5 Å². The number of hydrogen-bond donors (Lipinski definition) is 0. The van der Waals surface area contributed by atoms with Crippen molar-refractivity contribution in [2.24, 2.45) is 5.92 Å². The molecule has 1 saturated heterocycles. The van der Waals surface area contributed by atoms with Crippen molar-refractivity contribution in [1.29, 1.82) is 0 Å². The fourth-order valence-electron chi connectivity index (χ4n) is 2.87. The van der Waals surface area contributed by atoms with Gasteiger partial charge in [-0.05, 0) is 31.4 Å². The summed E-state index contributed by atoms with van der Waals surface area (Å²) in [5, 5.41) is 0. The molecule has 1 aromatic rings. The van der Waals surface area contributed by atoms with Gasteiger partial charge >= 0.3 is 0 Å². The average molecular weight is 366 g/mol. The van der Waals surface area contributed by atoms with Crippen LogP contribution in [0.25, 0.3) is 0 Å². The zero-order chi connectivity index (χ0) is 18.6. The van der Waals surface area contributed by atoms with Gasteiger partial charge < -0.3 is 4.90 Å². The second-order valence-corrected chi connectivity index (χ2v) is 8.75.